The second-order valence-electron chi connectivity index (χ2n) is 6.07. The topological polar surface area (TPSA) is 99.7 Å². The van der Waals surface area contributed by atoms with Crippen LogP contribution in [0.3, 0.4) is 0 Å². The number of rotatable bonds is 4. The number of nitrogens with zero attached hydrogens (tertiary/aromatic N) is 3. The molecule has 11 heteroatoms. The van der Waals surface area contributed by atoms with E-state index in [1.165, 1.54) is 4.90 Å². The van der Waals surface area contributed by atoms with Crippen LogP contribution in [0.15, 0.2) is 35.1 Å². The highest BCUT2D eigenvalue weighted by molar-refractivity contribution is 5.98. The fourth-order valence-electron chi connectivity index (χ4n) is 2.60. The number of ether oxygens (including phenoxy) is 2. The molecule has 1 aliphatic rings. The van der Waals surface area contributed by atoms with Crippen LogP contribution in [0.1, 0.15) is 5.69 Å². The summed E-state index contributed by atoms with van der Waals surface area (Å²) in [7, 11) is 1.55. The summed E-state index contributed by atoms with van der Waals surface area (Å²) in [6, 6.07) is 5.37. The molecular formula is C17H17F3N4O4. The van der Waals surface area contributed by atoms with Gasteiger partial charge in [-0.3, -0.25) is 9.59 Å². The maximum Gasteiger partial charge on any atom is 0.435 e. The lowest BCUT2D eigenvalue weighted by Gasteiger charge is -2.18. The van der Waals surface area contributed by atoms with Crippen LogP contribution in [0, 0.1) is 0 Å². The van der Waals surface area contributed by atoms with Crippen molar-refractivity contribution in [3.05, 3.63) is 46.4 Å². The van der Waals surface area contributed by atoms with E-state index in [0.717, 1.165) is 6.07 Å². The van der Waals surface area contributed by atoms with Gasteiger partial charge in [-0.05, 0) is 18.2 Å². The number of carbonyl (C=O) groups is 1. The van der Waals surface area contributed by atoms with Crippen molar-refractivity contribution in [2.24, 2.45) is 5.73 Å². The van der Waals surface area contributed by atoms with Gasteiger partial charge in [-0.15, -0.1) is 0 Å². The second kappa shape index (κ2) is 7.50. The van der Waals surface area contributed by atoms with Crippen LogP contribution in [0.25, 0.3) is 0 Å². The van der Waals surface area contributed by atoms with E-state index in [1.807, 2.05) is 0 Å². The molecule has 1 atom stereocenters. The first-order valence-electron chi connectivity index (χ1n) is 8.25. The van der Waals surface area contributed by atoms with Gasteiger partial charge in [0.15, 0.2) is 5.69 Å². The number of halogens is 3. The van der Waals surface area contributed by atoms with Crippen molar-refractivity contribution < 1.29 is 27.4 Å². The standard InChI is InChI=1S/C17H17F3N4O4/c1-23-12-8-10(2-3-13(12)28-9-11(21)16(23)26)27-7-6-24-15(25)5-4-14(22-24)17(18,19)20/h2-5,8,11H,6-7,9,21H2,1H3/t11-/m0/s1. The number of hydrogen-bond donors (Lipinski definition) is 1. The van der Waals surface area contributed by atoms with Gasteiger partial charge in [0.05, 0.1) is 12.2 Å². The van der Waals surface area contributed by atoms with E-state index in [9.17, 15) is 22.8 Å². The molecule has 2 N–H and O–H groups in total. The minimum absolute atomic E-state index is 0.0422. The van der Waals surface area contributed by atoms with Crippen LogP contribution in [0.4, 0.5) is 18.9 Å². The molecule has 1 amide bonds. The Hall–Kier alpha value is -3.08. The number of fused-ring (bicyclic) bond motifs is 1. The summed E-state index contributed by atoms with van der Waals surface area (Å²) < 4.78 is 49.8. The molecule has 1 aliphatic heterocycles. The third-order valence-corrected chi connectivity index (χ3v) is 4.09. The SMILES string of the molecule is CN1C(=O)[C@@H](N)COc2ccc(OCCn3nc(C(F)(F)F)ccc3=O)cc21. The van der Waals surface area contributed by atoms with Gasteiger partial charge in [-0.2, -0.15) is 18.3 Å². The van der Waals surface area contributed by atoms with Crippen molar-refractivity contribution in [3.8, 4) is 11.5 Å². The normalized spacial score (nSPS) is 17.0. The van der Waals surface area contributed by atoms with Gasteiger partial charge in [0.25, 0.3) is 5.56 Å². The van der Waals surface area contributed by atoms with Gasteiger partial charge in [-0.1, -0.05) is 0 Å². The molecule has 150 valence electrons. The molecule has 2 aromatic rings. The third kappa shape index (κ3) is 4.09. The minimum atomic E-state index is -4.65. The fraction of sp³-hybridized carbons (Fsp3) is 0.353. The van der Waals surface area contributed by atoms with Crippen LogP contribution >= 0.6 is 0 Å². The number of hydrogen-bond acceptors (Lipinski definition) is 6. The van der Waals surface area contributed by atoms with E-state index < -0.39 is 23.5 Å². The van der Waals surface area contributed by atoms with Crippen LogP contribution in [-0.2, 0) is 17.5 Å². The molecule has 0 radical (unpaired) electrons. The lowest BCUT2D eigenvalue weighted by atomic mass is 10.2. The molecular weight excluding hydrogens is 381 g/mol. The summed E-state index contributed by atoms with van der Waals surface area (Å²) in [6.07, 6.45) is -4.65. The Morgan fingerprint density at radius 3 is 2.75 bits per heavy atom. The molecule has 0 spiro atoms. The molecule has 28 heavy (non-hydrogen) atoms. The number of carbonyl (C=O) groups excluding carboxylic acids is 1. The Morgan fingerprint density at radius 1 is 1.29 bits per heavy atom. The number of likely N-dealkylation sites (N-methyl/N-ethyl adjacent to an activating group) is 1. The maximum atomic E-state index is 12.7. The summed E-state index contributed by atoms with van der Waals surface area (Å²) in [5.41, 5.74) is 4.33. The molecule has 1 aromatic carbocycles. The summed E-state index contributed by atoms with van der Waals surface area (Å²) in [6.45, 7) is -0.248. The van der Waals surface area contributed by atoms with E-state index in [1.54, 1.807) is 25.2 Å². The van der Waals surface area contributed by atoms with E-state index in [2.05, 4.69) is 5.10 Å². The average molecular weight is 398 g/mol. The summed E-state index contributed by atoms with van der Waals surface area (Å²) in [5.74, 6) is 0.472. The molecule has 2 heterocycles. The first kappa shape index (κ1) is 19.7. The van der Waals surface area contributed by atoms with E-state index >= 15 is 0 Å². The molecule has 8 nitrogen and oxygen atoms in total. The molecule has 3 rings (SSSR count). The summed E-state index contributed by atoms with van der Waals surface area (Å²) in [5, 5.41) is 3.30. The smallest absolute Gasteiger partial charge is 0.435 e. The Balaban J connectivity index is 1.72. The quantitative estimate of drug-likeness (QED) is 0.826. The number of alkyl halides is 3. The molecule has 0 aliphatic carbocycles. The van der Waals surface area contributed by atoms with Crippen molar-refractivity contribution in [1.29, 1.82) is 0 Å². The van der Waals surface area contributed by atoms with Gasteiger partial charge in [0.2, 0.25) is 5.91 Å². The van der Waals surface area contributed by atoms with Crippen molar-refractivity contribution in [2.75, 3.05) is 25.2 Å². The second-order valence-corrected chi connectivity index (χ2v) is 6.07. The molecule has 0 unspecified atom stereocenters. The van der Waals surface area contributed by atoms with Crippen LogP contribution in [0.2, 0.25) is 0 Å². The van der Waals surface area contributed by atoms with Crippen LogP contribution < -0.4 is 25.7 Å². The molecule has 0 saturated heterocycles. The Bertz CT molecular complexity index is 945. The van der Waals surface area contributed by atoms with Gasteiger partial charge in [0.1, 0.15) is 30.8 Å². The number of benzene rings is 1. The minimum Gasteiger partial charge on any atom is -0.492 e. The zero-order valence-electron chi connectivity index (χ0n) is 14.8. The van der Waals surface area contributed by atoms with Crippen molar-refractivity contribution in [1.82, 2.24) is 9.78 Å². The number of aromatic nitrogens is 2. The molecule has 0 bridgehead atoms. The Labute approximate surface area is 157 Å². The lowest BCUT2D eigenvalue weighted by molar-refractivity contribution is -0.142. The number of anilines is 1. The Kier molecular flexibility index (Phi) is 5.27. The van der Waals surface area contributed by atoms with Gasteiger partial charge in [0, 0.05) is 19.2 Å². The highest BCUT2D eigenvalue weighted by Gasteiger charge is 2.33. The maximum absolute atomic E-state index is 12.7. The summed E-state index contributed by atoms with van der Waals surface area (Å²) >= 11 is 0. The summed E-state index contributed by atoms with van der Waals surface area (Å²) in [4.78, 5) is 25.1. The van der Waals surface area contributed by atoms with Crippen LogP contribution in [0.5, 0.6) is 11.5 Å². The van der Waals surface area contributed by atoms with Gasteiger partial charge >= 0.3 is 6.18 Å². The monoisotopic (exact) mass is 398 g/mol. The third-order valence-electron chi connectivity index (χ3n) is 4.09. The zero-order valence-corrected chi connectivity index (χ0v) is 14.8. The molecule has 0 saturated carbocycles. The van der Waals surface area contributed by atoms with E-state index in [0.29, 0.717) is 27.9 Å². The largest absolute Gasteiger partial charge is 0.492 e. The predicted octanol–water partition coefficient (Wildman–Crippen LogP) is 1.02. The fourth-order valence-corrected chi connectivity index (χ4v) is 2.60. The Morgan fingerprint density at radius 2 is 2.04 bits per heavy atom. The average Bonchev–Trinajstić information content (AvgIpc) is 2.75. The van der Waals surface area contributed by atoms with Gasteiger partial charge in [-0.25, -0.2) is 4.68 Å². The van der Waals surface area contributed by atoms with Crippen molar-refractivity contribution in [2.45, 2.75) is 18.8 Å². The highest BCUT2D eigenvalue weighted by atomic mass is 19.4. The zero-order chi connectivity index (χ0) is 20.5. The number of nitrogens with two attached hydrogens (primary N) is 1. The van der Waals surface area contributed by atoms with Gasteiger partial charge < -0.3 is 20.1 Å². The van der Waals surface area contributed by atoms with E-state index in [-0.39, 0.29) is 25.7 Å². The van der Waals surface area contributed by atoms with Crippen molar-refractivity contribution >= 4 is 11.6 Å². The predicted molar refractivity (Wildman–Crippen MR) is 92.3 cm³/mol. The molecule has 1 aromatic heterocycles. The van der Waals surface area contributed by atoms with E-state index in [4.69, 9.17) is 15.2 Å². The first-order valence-corrected chi connectivity index (χ1v) is 8.25. The highest BCUT2D eigenvalue weighted by Crippen LogP contribution is 2.34. The van der Waals surface area contributed by atoms with Crippen LogP contribution in [-0.4, -0.2) is 42.0 Å². The van der Waals surface area contributed by atoms with Crippen molar-refractivity contribution in [3.63, 3.8) is 0 Å². The lowest BCUT2D eigenvalue weighted by Crippen LogP contribution is -2.43. The first-order chi connectivity index (χ1) is 13.2. The molecule has 0 fully saturated rings. The number of amides is 1.